The van der Waals surface area contributed by atoms with Crippen LogP contribution in [0.2, 0.25) is 9.26 Å². The third kappa shape index (κ3) is 4.29. The Hall–Kier alpha value is -0.660. The van der Waals surface area contributed by atoms with Gasteiger partial charge in [-0.05, 0) is 0 Å². The molecule has 0 saturated heterocycles. The zero-order chi connectivity index (χ0) is 22.9. The number of rotatable bonds is 3. The van der Waals surface area contributed by atoms with Gasteiger partial charge in [0, 0.05) is 0 Å². The van der Waals surface area contributed by atoms with Crippen LogP contribution in [0.5, 0.6) is 0 Å². The molecule has 0 saturated carbocycles. The molecular weight excluding hydrogens is 539 g/mol. The van der Waals surface area contributed by atoms with Gasteiger partial charge in [-0.2, -0.15) is 0 Å². The molecule has 0 nitrogen and oxygen atoms in total. The van der Waals surface area contributed by atoms with E-state index in [2.05, 4.69) is 107 Å². The molecule has 0 radical (unpaired) electrons. The second-order valence-electron chi connectivity index (χ2n) is 11.2. The van der Waals surface area contributed by atoms with Gasteiger partial charge < -0.3 is 0 Å². The Morgan fingerprint density at radius 3 is 1.94 bits per heavy atom. The van der Waals surface area contributed by atoms with E-state index < -0.39 is 17.4 Å². The summed E-state index contributed by atoms with van der Waals surface area (Å²) in [4.78, 5) is 0. The van der Waals surface area contributed by atoms with E-state index >= 15 is 0 Å². The zero-order valence-corrected chi connectivity index (χ0v) is 27.2. The quantitative estimate of drug-likeness (QED) is 0.320. The van der Waals surface area contributed by atoms with Gasteiger partial charge in [0.25, 0.3) is 0 Å². The first-order chi connectivity index (χ1) is 14.3. The van der Waals surface area contributed by atoms with Crippen molar-refractivity contribution in [2.24, 2.45) is 5.92 Å². The summed E-state index contributed by atoms with van der Waals surface area (Å²) in [6.45, 7) is 18.8. The van der Waals surface area contributed by atoms with Gasteiger partial charge >= 0.3 is 193 Å². The van der Waals surface area contributed by atoms with Gasteiger partial charge in [0.1, 0.15) is 0 Å². The zero-order valence-electron chi connectivity index (χ0n) is 21.7. The van der Waals surface area contributed by atoms with E-state index in [-0.39, 0.29) is 24.8 Å². The summed E-state index contributed by atoms with van der Waals surface area (Å²) in [5, 5.41) is 0. The molecule has 0 heterocycles. The maximum Gasteiger partial charge on any atom is -0.147 e. The van der Waals surface area contributed by atoms with E-state index in [1.807, 2.05) is 3.28 Å². The molecular formula is C29H40Cl2SiZr. The average molecular weight is 579 g/mol. The number of fused-ring (bicyclic) bond motifs is 1. The number of allylic oxidation sites excluding steroid dienone is 5. The molecule has 0 spiro atoms. The fourth-order valence-electron chi connectivity index (χ4n) is 6.57. The fraction of sp³-hybridized carbons (Fsp3) is 0.379. The molecule has 0 aromatic heterocycles. The topological polar surface area (TPSA) is 0 Å². The first-order valence-electron chi connectivity index (χ1n) is 11.7. The number of aryl methyl sites for hydroxylation is 2. The fourth-order valence-corrected chi connectivity index (χ4v) is 25.1. The van der Waals surface area contributed by atoms with E-state index in [1.54, 1.807) is 22.3 Å². The Kier molecular flexibility index (Phi) is 8.16. The number of benzene rings is 2. The second kappa shape index (κ2) is 9.42. The summed E-state index contributed by atoms with van der Waals surface area (Å²) in [7, 11) is 0. The van der Waals surface area contributed by atoms with Crippen molar-refractivity contribution in [2.75, 3.05) is 0 Å². The molecule has 2 unspecified atom stereocenters. The van der Waals surface area contributed by atoms with Crippen molar-refractivity contribution in [3.8, 4) is 0 Å². The Bertz CT molecular complexity index is 1290. The molecule has 0 aliphatic heterocycles. The third-order valence-corrected chi connectivity index (χ3v) is 25.9. The summed E-state index contributed by atoms with van der Waals surface area (Å²) in [6, 6.07) is 13.8. The molecule has 2 atom stereocenters. The van der Waals surface area contributed by atoms with E-state index in [4.69, 9.17) is 0 Å². The van der Waals surface area contributed by atoms with E-state index in [9.17, 15) is 0 Å². The Morgan fingerprint density at radius 1 is 0.788 bits per heavy atom. The normalized spacial score (nSPS) is 20.4. The summed E-state index contributed by atoms with van der Waals surface area (Å²) in [5.74, 6) is 0.588. The van der Waals surface area contributed by atoms with Gasteiger partial charge in [0.05, 0.1) is 0 Å². The maximum atomic E-state index is 2.71. The second-order valence-corrected chi connectivity index (χ2v) is 40.8. The van der Waals surface area contributed by atoms with Crippen LogP contribution in [0.15, 0.2) is 62.5 Å². The predicted molar refractivity (Wildman–Crippen MR) is 152 cm³/mol. The molecule has 0 fully saturated rings. The monoisotopic (exact) mass is 576 g/mol. The van der Waals surface area contributed by atoms with Crippen LogP contribution in [0, 0.1) is 26.7 Å². The van der Waals surface area contributed by atoms with Crippen molar-refractivity contribution >= 4 is 37.3 Å². The Morgan fingerprint density at radius 2 is 1.36 bits per heavy atom. The molecule has 0 amide bonds. The van der Waals surface area contributed by atoms with Gasteiger partial charge in [-0.25, -0.2) is 0 Å². The van der Waals surface area contributed by atoms with Crippen LogP contribution in [-0.4, -0.2) is 6.88 Å². The van der Waals surface area contributed by atoms with Gasteiger partial charge in [-0.1, -0.05) is 0 Å². The SMILES string of the molecule is CC1=C(C)C(C)[C]([Zr]([CH3])([CH3])(=[SiH2])[CH]2C=C(c3c(C)ccc(C)c3C)c3ccccc32)=C1C.Cl.Cl. The van der Waals surface area contributed by atoms with Crippen LogP contribution in [0.1, 0.15) is 64.7 Å². The first kappa shape index (κ1) is 28.6. The summed E-state index contributed by atoms with van der Waals surface area (Å²) >= 11 is -3.35. The molecule has 2 aromatic carbocycles. The van der Waals surface area contributed by atoms with Crippen molar-refractivity contribution in [3.05, 3.63) is 95.9 Å². The average Bonchev–Trinajstić information content (AvgIpc) is 3.18. The van der Waals surface area contributed by atoms with Crippen molar-refractivity contribution in [1.82, 2.24) is 0 Å². The standard InChI is InChI=1S/C18H17.C9H13.2CH3.2ClH.H2Si.Zr/c1-12-8-9-13(2)18(14(12)3)17-11-10-15-6-4-5-7-16(15)17;1-6-5-7(2)9(4)8(6)3;;;;;;/h4-11H,1-3H3;6H,1-4H3;2*1H3;2*1H;1H2;. The molecule has 33 heavy (non-hydrogen) atoms. The smallest absolute Gasteiger partial charge is 0.147 e. The number of hydrogen-bond donors (Lipinski definition) is 0. The van der Waals surface area contributed by atoms with Crippen LogP contribution >= 0.6 is 24.8 Å². The van der Waals surface area contributed by atoms with E-state index in [0.29, 0.717) is 9.54 Å². The van der Waals surface area contributed by atoms with Gasteiger partial charge in [-0.15, -0.1) is 24.8 Å². The van der Waals surface area contributed by atoms with Crippen molar-refractivity contribution in [1.29, 1.82) is 0 Å². The minimum absolute atomic E-state index is 0. The summed E-state index contributed by atoms with van der Waals surface area (Å²) in [6.07, 6.45) is 2.69. The molecule has 2 aliphatic carbocycles. The number of halogens is 2. The molecule has 4 rings (SSSR count). The minimum Gasteiger partial charge on any atom is -0.147 e. The molecule has 0 N–H and O–H groups in total. The van der Waals surface area contributed by atoms with Gasteiger partial charge in [0.2, 0.25) is 0 Å². The number of hydrogen-bond acceptors (Lipinski definition) is 0. The van der Waals surface area contributed by atoms with Crippen molar-refractivity contribution in [2.45, 2.75) is 61.4 Å². The maximum absolute atomic E-state index is 3.35. The van der Waals surface area contributed by atoms with E-state index in [1.165, 1.54) is 33.4 Å². The molecule has 2 aliphatic rings. The van der Waals surface area contributed by atoms with Crippen LogP contribution in [0.4, 0.5) is 0 Å². The van der Waals surface area contributed by atoms with Gasteiger partial charge in [-0.3, -0.25) is 0 Å². The molecule has 178 valence electrons. The summed E-state index contributed by atoms with van der Waals surface area (Å²) in [5.41, 5.74) is 14.9. The van der Waals surface area contributed by atoms with E-state index in [0.717, 1.165) is 0 Å². The van der Waals surface area contributed by atoms with Crippen LogP contribution < -0.4 is 0 Å². The third-order valence-electron chi connectivity index (χ3n) is 8.66. The Labute approximate surface area is 216 Å². The minimum atomic E-state index is -3.35. The van der Waals surface area contributed by atoms with Crippen molar-refractivity contribution < 1.29 is 17.4 Å². The van der Waals surface area contributed by atoms with Gasteiger partial charge in [0.15, 0.2) is 0 Å². The Balaban J connectivity index is 0.00000193. The predicted octanol–water partition coefficient (Wildman–Crippen LogP) is 8.54. The molecule has 2 aromatic rings. The first-order valence-corrected chi connectivity index (χ1v) is 25.2. The van der Waals surface area contributed by atoms with Crippen LogP contribution in [-0.2, 0) is 17.4 Å². The van der Waals surface area contributed by atoms with Crippen LogP contribution in [0.3, 0.4) is 0 Å². The van der Waals surface area contributed by atoms with Crippen LogP contribution in [0.25, 0.3) is 5.57 Å². The summed E-state index contributed by atoms with van der Waals surface area (Å²) < 4.78 is 7.79. The van der Waals surface area contributed by atoms with Crippen molar-refractivity contribution in [3.63, 3.8) is 0 Å². The molecule has 0 bridgehead atoms. The largest absolute Gasteiger partial charge is 0.147 e. The molecule has 4 heteroatoms.